The highest BCUT2D eigenvalue weighted by molar-refractivity contribution is 5.79. The summed E-state index contributed by atoms with van der Waals surface area (Å²) in [5, 5.41) is 10.9. The van der Waals surface area contributed by atoms with Crippen molar-refractivity contribution < 1.29 is 9.47 Å². The van der Waals surface area contributed by atoms with Crippen molar-refractivity contribution in [2.45, 2.75) is 19.6 Å². The summed E-state index contributed by atoms with van der Waals surface area (Å²) in [5.41, 5.74) is 3.47. The number of aliphatic imine (C=N–C) groups is 1. The maximum absolute atomic E-state index is 5.36. The van der Waals surface area contributed by atoms with Gasteiger partial charge in [-0.1, -0.05) is 30.3 Å². The number of nitrogens with zero attached hydrogens (tertiary/aromatic N) is 3. The molecular formula is C22H27N5O2. The number of aromatic nitrogens is 2. The van der Waals surface area contributed by atoms with Crippen LogP contribution in [-0.4, -0.2) is 37.0 Å². The van der Waals surface area contributed by atoms with Gasteiger partial charge in [0, 0.05) is 32.5 Å². The Labute approximate surface area is 171 Å². The fourth-order valence-corrected chi connectivity index (χ4v) is 3.00. The third-order valence-corrected chi connectivity index (χ3v) is 4.49. The molecule has 0 bridgehead atoms. The lowest BCUT2D eigenvalue weighted by atomic mass is 10.1. The topological polar surface area (TPSA) is 72.7 Å². The minimum atomic E-state index is 0.624. The largest absolute Gasteiger partial charge is 0.493 e. The van der Waals surface area contributed by atoms with E-state index in [4.69, 9.17) is 9.47 Å². The molecule has 0 unspecified atom stereocenters. The van der Waals surface area contributed by atoms with Crippen LogP contribution in [-0.2, 0) is 19.6 Å². The molecule has 2 N–H and O–H groups in total. The van der Waals surface area contributed by atoms with Crippen molar-refractivity contribution in [3.63, 3.8) is 0 Å². The smallest absolute Gasteiger partial charge is 0.191 e. The molecule has 3 rings (SSSR count). The Morgan fingerprint density at radius 2 is 1.66 bits per heavy atom. The van der Waals surface area contributed by atoms with E-state index in [1.165, 1.54) is 11.1 Å². The van der Waals surface area contributed by atoms with Gasteiger partial charge in [-0.05, 0) is 34.9 Å². The fraction of sp³-hybridized carbons (Fsp3) is 0.273. The summed E-state index contributed by atoms with van der Waals surface area (Å²) in [6.45, 7) is 2.06. The van der Waals surface area contributed by atoms with Crippen LogP contribution in [0.4, 0.5) is 0 Å². The van der Waals surface area contributed by atoms with Crippen LogP contribution in [0.25, 0.3) is 0 Å². The third-order valence-electron chi connectivity index (χ3n) is 4.49. The molecule has 0 atom stereocenters. The van der Waals surface area contributed by atoms with Crippen LogP contribution in [0.3, 0.4) is 0 Å². The van der Waals surface area contributed by atoms with Crippen molar-refractivity contribution in [2.24, 2.45) is 4.99 Å². The molecule has 7 nitrogen and oxygen atoms in total. The van der Waals surface area contributed by atoms with E-state index in [2.05, 4.69) is 45.0 Å². The molecule has 0 saturated heterocycles. The van der Waals surface area contributed by atoms with Gasteiger partial charge in [0.2, 0.25) is 0 Å². The van der Waals surface area contributed by atoms with Gasteiger partial charge < -0.3 is 20.1 Å². The van der Waals surface area contributed by atoms with Crippen molar-refractivity contribution in [3.8, 4) is 11.5 Å². The monoisotopic (exact) mass is 393 g/mol. The van der Waals surface area contributed by atoms with E-state index >= 15 is 0 Å². The number of methoxy groups -OCH3 is 2. The summed E-state index contributed by atoms with van der Waals surface area (Å²) in [6.07, 6.45) is 3.75. The summed E-state index contributed by atoms with van der Waals surface area (Å²) in [5.74, 6) is 2.16. The Balaban J connectivity index is 1.54. The van der Waals surface area contributed by atoms with Gasteiger partial charge in [-0.15, -0.1) is 0 Å². The predicted octanol–water partition coefficient (Wildman–Crippen LogP) is 2.81. The Morgan fingerprint density at radius 1 is 0.931 bits per heavy atom. The van der Waals surface area contributed by atoms with Crippen molar-refractivity contribution in [3.05, 3.63) is 77.6 Å². The zero-order valence-electron chi connectivity index (χ0n) is 17.1. The van der Waals surface area contributed by atoms with Crippen molar-refractivity contribution >= 4 is 5.96 Å². The molecule has 29 heavy (non-hydrogen) atoms. The Morgan fingerprint density at radius 3 is 2.31 bits per heavy atom. The SMILES string of the molecule is CN=C(NCc1cccc(Cn2cccn2)c1)NCc1ccc(OC)c(OC)c1. The van der Waals surface area contributed by atoms with E-state index < -0.39 is 0 Å². The first-order chi connectivity index (χ1) is 14.2. The Kier molecular flexibility index (Phi) is 7.10. The minimum Gasteiger partial charge on any atom is -0.493 e. The first-order valence-electron chi connectivity index (χ1n) is 9.42. The van der Waals surface area contributed by atoms with Gasteiger partial charge in [-0.25, -0.2) is 0 Å². The van der Waals surface area contributed by atoms with Crippen LogP contribution in [0.2, 0.25) is 0 Å². The van der Waals surface area contributed by atoms with Crippen LogP contribution < -0.4 is 20.1 Å². The summed E-state index contributed by atoms with van der Waals surface area (Å²) in [7, 11) is 5.03. The molecule has 7 heteroatoms. The summed E-state index contributed by atoms with van der Waals surface area (Å²) < 4.78 is 12.6. The molecule has 0 radical (unpaired) electrons. The molecular weight excluding hydrogens is 366 g/mol. The molecule has 0 amide bonds. The van der Waals surface area contributed by atoms with Gasteiger partial charge in [0.1, 0.15) is 0 Å². The second-order valence-electron chi connectivity index (χ2n) is 6.49. The summed E-state index contributed by atoms with van der Waals surface area (Å²) >= 11 is 0. The maximum Gasteiger partial charge on any atom is 0.191 e. The molecule has 0 aliphatic carbocycles. The van der Waals surface area contributed by atoms with Crippen LogP contribution in [0, 0.1) is 0 Å². The van der Waals surface area contributed by atoms with Crippen LogP contribution >= 0.6 is 0 Å². The zero-order chi connectivity index (χ0) is 20.5. The minimum absolute atomic E-state index is 0.624. The quantitative estimate of drug-likeness (QED) is 0.455. The lowest BCUT2D eigenvalue weighted by Crippen LogP contribution is -2.36. The average molecular weight is 393 g/mol. The van der Waals surface area contributed by atoms with E-state index in [0.29, 0.717) is 24.6 Å². The number of guanidine groups is 1. The summed E-state index contributed by atoms with van der Waals surface area (Å²) in [6, 6.07) is 16.2. The summed E-state index contributed by atoms with van der Waals surface area (Å²) in [4.78, 5) is 4.30. The first-order valence-corrected chi connectivity index (χ1v) is 9.42. The highest BCUT2D eigenvalue weighted by Gasteiger charge is 2.06. The van der Waals surface area contributed by atoms with Gasteiger partial charge in [0.15, 0.2) is 17.5 Å². The molecule has 0 saturated carbocycles. The first kappa shape index (κ1) is 20.3. The molecule has 2 aromatic carbocycles. The second kappa shape index (κ2) is 10.2. The highest BCUT2D eigenvalue weighted by Crippen LogP contribution is 2.27. The van der Waals surface area contributed by atoms with Crippen molar-refractivity contribution in [2.75, 3.05) is 21.3 Å². The fourth-order valence-electron chi connectivity index (χ4n) is 3.00. The number of benzene rings is 2. The lowest BCUT2D eigenvalue weighted by Gasteiger charge is -2.14. The van der Waals surface area contributed by atoms with E-state index in [0.717, 1.165) is 18.1 Å². The van der Waals surface area contributed by atoms with Gasteiger partial charge in [-0.3, -0.25) is 9.67 Å². The van der Waals surface area contributed by atoms with E-state index in [-0.39, 0.29) is 0 Å². The Bertz CT molecular complexity index is 938. The molecule has 0 fully saturated rings. The lowest BCUT2D eigenvalue weighted by molar-refractivity contribution is 0.354. The van der Waals surface area contributed by atoms with E-state index in [1.54, 1.807) is 27.5 Å². The van der Waals surface area contributed by atoms with Crippen molar-refractivity contribution in [1.29, 1.82) is 0 Å². The molecule has 152 valence electrons. The molecule has 0 spiro atoms. The Hall–Kier alpha value is -3.48. The number of hydrogen-bond donors (Lipinski definition) is 2. The maximum atomic E-state index is 5.36. The van der Waals surface area contributed by atoms with Crippen molar-refractivity contribution in [1.82, 2.24) is 20.4 Å². The average Bonchev–Trinajstić information content (AvgIpc) is 3.27. The van der Waals surface area contributed by atoms with Gasteiger partial charge in [-0.2, -0.15) is 5.10 Å². The number of rotatable bonds is 8. The van der Waals surface area contributed by atoms with Gasteiger partial charge >= 0.3 is 0 Å². The molecule has 0 aliphatic rings. The second-order valence-corrected chi connectivity index (χ2v) is 6.49. The van der Waals surface area contributed by atoms with Crippen LogP contribution in [0.15, 0.2) is 65.9 Å². The zero-order valence-corrected chi connectivity index (χ0v) is 17.1. The predicted molar refractivity (Wildman–Crippen MR) is 114 cm³/mol. The van der Waals surface area contributed by atoms with Crippen LogP contribution in [0.1, 0.15) is 16.7 Å². The van der Waals surface area contributed by atoms with Gasteiger partial charge in [0.25, 0.3) is 0 Å². The molecule has 3 aromatic rings. The number of hydrogen-bond acceptors (Lipinski definition) is 4. The normalized spacial score (nSPS) is 11.2. The molecule has 0 aliphatic heterocycles. The van der Waals surface area contributed by atoms with E-state index in [9.17, 15) is 0 Å². The van der Waals surface area contributed by atoms with E-state index in [1.807, 2.05) is 35.1 Å². The number of nitrogens with one attached hydrogen (secondary N) is 2. The third kappa shape index (κ3) is 5.75. The standard InChI is InChI=1S/C22H27N5O2/c1-23-22(25-15-18-8-9-20(28-2)21(13-18)29-3)24-14-17-6-4-7-19(12-17)16-27-11-5-10-26-27/h4-13H,14-16H2,1-3H3,(H2,23,24,25). The van der Waals surface area contributed by atoms with Gasteiger partial charge in [0.05, 0.1) is 20.8 Å². The van der Waals surface area contributed by atoms with Crippen LogP contribution in [0.5, 0.6) is 11.5 Å². The number of ether oxygens (including phenoxy) is 2. The molecule has 1 aromatic heterocycles. The molecule has 1 heterocycles. The highest BCUT2D eigenvalue weighted by atomic mass is 16.5.